The van der Waals surface area contributed by atoms with Gasteiger partial charge in [0.1, 0.15) is 0 Å². The van der Waals surface area contributed by atoms with Crippen LogP contribution in [0.4, 0.5) is 4.79 Å². The van der Waals surface area contributed by atoms with Crippen molar-refractivity contribution in [1.29, 1.82) is 0 Å². The Balaban J connectivity index is 1.91. The van der Waals surface area contributed by atoms with E-state index in [1.165, 1.54) is 0 Å². The van der Waals surface area contributed by atoms with Crippen molar-refractivity contribution in [3.63, 3.8) is 0 Å². The molecule has 2 rings (SSSR count). The van der Waals surface area contributed by atoms with E-state index in [2.05, 4.69) is 31.4 Å². The monoisotopic (exact) mass is 298 g/mol. The number of ether oxygens (including phenoxy) is 1. The minimum atomic E-state index is -0.902. The number of nitrogens with one attached hydrogen (secondary N) is 2. The SMILES string of the molecule is CC(C)(C)C1(NC(=O)O)CCC(NC2CCOCC2)CC1. The van der Waals surface area contributed by atoms with Crippen LogP contribution in [0.1, 0.15) is 59.3 Å². The van der Waals surface area contributed by atoms with Gasteiger partial charge in [-0.15, -0.1) is 0 Å². The lowest BCUT2D eigenvalue weighted by Gasteiger charge is -2.49. The molecule has 0 atom stereocenters. The number of hydrogen-bond acceptors (Lipinski definition) is 3. The van der Waals surface area contributed by atoms with Gasteiger partial charge in [-0.25, -0.2) is 4.79 Å². The van der Waals surface area contributed by atoms with Crippen LogP contribution in [-0.4, -0.2) is 42.0 Å². The second-order valence-electron chi connectivity index (χ2n) is 7.59. The third kappa shape index (κ3) is 4.10. The molecule has 5 heteroatoms. The van der Waals surface area contributed by atoms with Gasteiger partial charge in [-0.05, 0) is 43.9 Å². The molecule has 21 heavy (non-hydrogen) atoms. The third-order valence-electron chi connectivity index (χ3n) is 5.31. The summed E-state index contributed by atoms with van der Waals surface area (Å²) in [5.41, 5.74) is -0.359. The number of carboxylic acid groups (broad SMARTS) is 1. The normalized spacial score (nSPS) is 31.9. The molecule has 0 bridgehead atoms. The highest BCUT2D eigenvalue weighted by Crippen LogP contribution is 2.42. The van der Waals surface area contributed by atoms with E-state index in [1.807, 2.05) is 0 Å². The Hall–Kier alpha value is -0.810. The van der Waals surface area contributed by atoms with Crippen LogP contribution in [0.15, 0.2) is 0 Å². The molecule has 1 aliphatic carbocycles. The van der Waals surface area contributed by atoms with Crippen LogP contribution in [0.3, 0.4) is 0 Å². The lowest BCUT2D eigenvalue weighted by atomic mass is 9.64. The van der Waals surface area contributed by atoms with Gasteiger partial charge in [0.15, 0.2) is 0 Å². The fourth-order valence-corrected chi connectivity index (χ4v) is 3.74. The van der Waals surface area contributed by atoms with E-state index in [1.54, 1.807) is 0 Å². The third-order valence-corrected chi connectivity index (χ3v) is 5.31. The van der Waals surface area contributed by atoms with E-state index in [0.717, 1.165) is 51.7 Å². The number of carbonyl (C=O) groups is 1. The van der Waals surface area contributed by atoms with Gasteiger partial charge in [0, 0.05) is 30.8 Å². The van der Waals surface area contributed by atoms with Crippen LogP contribution in [-0.2, 0) is 4.74 Å². The average Bonchev–Trinajstić information content (AvgIpc) is 2.40. The number of rotatable bonds is 3. The van der Waals surface area contributed by atoms with E-state index in [-0.39, 0.29) is 11.0 Å². The minimum Gasteiger partial charge on any atom is -0.465 e. The van der Waals surface area contributed by atoms with E-state index >= 15 is 0 Å². The van der Waals surface area contributed by atoms with Gasteiger partial charge in [0.25, 0.3) is 0 Å². The molecule has 0 aromatic heterocycles. The van der Waals surface area contributed by atoms with Crippen LogP contribution in [0.25, 0.3) is 0 Å². The van der Waals surface area contributed by atoms with Crippen molar-refractivity contribution < 1.29 is 14.6 Å². The molecule has 1 amide bonds. The van der Waals surface area contributed by atoms with Crippen molar-refractivity contribution in [2.75, 3.05) is 13.2 Å². The van der Waals surface area contributed by atoms with Crippen molar-refractivity contribution in [1.82, 2.24) is 10.6 Å². The maximum Gasteiger partial charge on any atom is 0.405 e. The van der Waals surface area contributed by atoms with E-state index in [4.69, 9.17) is 4.74 Å². The van der Waals surface area contributed by atoms with Crippen LogP contribution in [0, 0.1) is 5.41 Å². The lowest BCUT2D eigenvalue weighted by Crippen LogP contribution is -2.60. The summed E-state index contributed by atoms with van der Waals surface area (Å²) in [5.74, 6) is 0. The summed E-state index contributed by atoms with van der Waals surface area (Å²) in [4.78, 5) is 11.2. The molecule has 1 saturated carbocycles. The Morgan fingerprint density at radius 3 is 2.10 bits per heavy atom. The molecule has 3 N–H and O–H groups in total. The highest BCUT2D eigenvalue weighted by Gasteiger charge is 2.45. The van der Waals surface area contributed by atoms with Crippen molar-refractivity contribution in [3.8, 4) is 0 Å². The summed E-state index contributed by atoms with van der Waals surface area (Å²) in [6.45, 7) is 8.12. The van der Waals surface area contributed by atoms with Crippen LogP contribution < -0.4 is 10.6 Å². The smallest absolute Gasteiger partial charge is 0.405 e. The molecular weight excluding hydrogens is 268 g/mol. The lowest BCUT2D eigenvalue weighted by molar-refractivity contribution is 0.0555. The summed E-state index contributed by atoms with van der Waals surface area (Å²) in [6, 6.07) is 1.08. The fourth-order valence-electron chi connectivity index (χ4n) is 3.74. The first-order valence-corrected chi connectivity index (χ1v) is 8.17. The van der Waals surface area contributed by atoms with Crippen LogP contribution >= 0.6 is 0 Å². The maximum absolute atomic E-state index is 11.2. The van der Waals surface area contributed by atoms with Gasteiger partial charge in [-0.3, -0.25) is 0 Å². The zero-order valence-corrected chi connectivity index (χ0v) is 13.6. The van der Waals surface area contributed by atoms with Gasteiger partial charge < -0.3 is 20.5 Å². The van der Waals surface area contributed by atoms with Gasteiger partial charge in [0.2, 0.25) is 0 Å². The molecule has 0 radical (unpaired) electrons. The summed E-state index contributed by atoms with van der Waals surface area (Å²) >= 11 is 0. The highest BCUT2D eigenvalue weighted by molar-refractivity contribution is 5.65. The Bertz CT molecular complexity index is 351. The molecule has 2 aliphatic rings. The van der Waals surface area contributed by atoms with Crippen LogP contribution in [0.2, 0.25) is 0 Å². The van der Waals surface area contributed by atoms with Gasteiger partial charge in [-0.1, -0.05) is 20.8 Å². The molecule has 122 valence electrons. The topological polar surface area (TPSA) is 70.6 Å². The zero-order chi connectivity index (χ0) is 15.5. The molecule has 2 fully saturated rings. The first kappa shape index (κ1) is 16.6. The van der Waals surface area contributed by atoms with Gasteiger partial charge in [-0.2, -0.15) is 0 Å². The van der Waals surface area contributed by atoms with Crippen molar-refractivity contribution >= 4 is 6.09 Å². The average molecular weight is 298 g/mol. The standard InChI is InChI=1S/C16H30N2O3/c1-15(2,3)16(18-14(19)20)8-4-12(5-9-16)17-13-6-10-21-11-7-13/h12-13,17-18H,4-11H2,1-3H3,(H,19,20). The largest absolute Gasteiger partial charge is 0.465 e. The predicted molar refractivity (Wildman–Crippen MR) is 82.6 cm³/mol. The maximum atomic E-state index is 11.2. The molecule has 0 unspecified atom stereocenters. The molecule has 5 nitrogen and oxygen atoms in total. The molecule has 1 aliphatic heterocycles. The molecular formula is C16H30N2O3. The summed E-state index contributed by atoms with van der Waals surface area (Å²) in [6.07, 6.45) is 5.17. The molecule has 0 spiro atoms. The quantitative estimate of drug-likeness (QED) is 0.749. The van der Waals surface area contributed by atoms with E-state index in [9.17, 15) is 9.90 Å². The highest BCUT2D eigenvalue weighted by atomic mass is 16.5. The van der Waals surface area contributed by atoms with Gasteiger partial charge >= 0.3 is 6.09 Å². The van der Waals surface area contributed by atoms with Crippen molar-refractivity contribution in [3.05, 3.63) is 0 Å². The summed E-state index contributed by atoms with van der Waals surface area (Å²) in [5, 5.41) is 15.8. The van der Waals surface area contributed by atoms with E-state index < -0.39 is 6.09 Å². The Morgan fingerprint density at radius 2 is 1.62 bits per heavy atom. The Morgan fingerprint density at radius 1 is 1.10 bits per heavy atom. The summed E-state index contributed by atoms with van der Waals surface area (Å²) in [7, 11) is 0. The zero-order valence-electron chi connectivity index (χ0n) is 13.6. The fraction of sp³-hybridized carbons (Fsp3) is 0.938. The molecule has 1 saturated heterocycles. The molecule has 1 heterocycles. The Kier molecular flexibility index (Phi) is 5.15. The Labute approximate surface area is 127 Å². The van der Waals surface area contributed by atoms with Crippen molar-refractivity contribution in [2.45, 2.75) is 76.9 Å². The van der Waals surface area contributed by atoms with Gasteiger partial charge in [0.05, 0.1) is 0 Å². The van der Waals surface area contributed by atoms with Crippen LogP contribution in [0.5, 0.6) is 0 Å². The second kappa shape index (κ2) is 6.53. The summed E-state index contributed by atoms with van der Waals surface area (Å²) < 4.78 is 5.40. The molecule has 0 aromatic rings. The van der Waals surface area contributed by atoms with Crippen molar-refractivity contribution in [2.24, 2.45) is 5.41 Å². The number of amides is 1. The number of hydrogen-bond donors (Lipinski definition) is 3. The van der Waals surface area contributed by atoms with E-state index in [0.29, 0.717) is 12.1 Å². The second-order valence-corrected chi connectivity index (χ2v) is 7.59. The first-order valence-electron chi connectivity index (χ1n) is 8.17. The first-order chi connectivity index (χ1) is 9.82. The minimum absolute atomic E-state index is 0.0605. The predicted octanol–water partition coefficient (Wildman–Crippen LogP) is 2.75. The molecule has 0 aromatic carbocycles.